The molecule has 0 aromatic heterocycles. The van der Waals surface area contributed by atoms with E-state index in [1.807, 2.05) is 11.8 Å². The van der Waals surface area contributed by atoms with Crippen LogP contribution in [0.5, 0.6) is 5.75 Å². The summed E-state index contributed by atoms with van der Waals surface area (Å²) in [5.41, 5.74) is 0.737. The number of anilines is 1. The van der Waals surface area contributed by atoms with Crippen molar-refractivity contribution >= 4 is 17.5 Å². The number of nitrogens with zero attached hydrogens (tertiary/aromatic N) is 2. The summed E-state index contributed by atoms with van der Waals surface area (Å²) >= 11 is 0. The van der Waals surface area contributed by atoms with Crippen molar-refractivity contribution in [2.24, 2.45) is 0 Å². The van der Waals surface area contributed by atoms with Gasteiger partial charge in [0.15, 0.2) is 0 Å². The standard InChI is InChI=1S/C18H24FN3O3/c1-12-10-22(16-4-3-14(19)9-17(16)25-12)11-18(24)20-15-5-7-21(8-6-15)13(2)23/h3-4,9,12,15H,5-8,10-11H2,1-2H3,(H,20,24)/t12-/m0/s1. The highest BCUT2D eigenvalue weighted by molar-refractivity contribution is 5.82. The van der Waals surface area contributed by atoms with Crippen molar-refractivity contribution < 1.29 is 18.7 Å². The average molecular weight is 349 g/mol. The molecule has 0 bridgehead atoms. The highest BCUT2D eigenvalue weighted by Gasteiger charge is 2.27. The van der Waals surface area contributed by atoms with Gasteiger partial charge >= 0.3 is 0 Å². The molecule has 1 fully saturated rings. The topological polar surface area (TPSA) is 61.9 Å². The maximum Gasteiger partial charge on any atom is 0.239 e. The van der Waals surface area contributed by atoms with Gasteiger partial charge in [-0.1, -0.05) is 0 Å². The van der Waals surface area contributed by atoms with E-state index in [1.54, 1.807) is 17.9 Å². The lowest BCUT2D eigenvalue weighted by Crippen LogP contribution is -2.50. The largest absolute Gasteiger partial charge is 0.487 e. The number of halogens is 1. The monoisotopic (exact) mass is 349 g/mol. The first-order chi connectivity index (χ1) is 11.9. The van der Waals surface area contributed by atoms with Crippen LogP contribution in [0, 0.1) is 5.82 Å². The molecule has 6 nitrogen and oxygen atoms in total. The van der Waals surface area contributed by atoms with Crippen LogP contribution in [0.4, 0.5) is 10.1 Å². The SMILES string of the molecule is CC(=O)N1CCC(NC(=O)CN2C[C@H](C)Oc3cc(F)ccc32)CC1. The quantitative estimate of drug-likeness (QED) is 0.899. The maximum atomic E-state index is 13.4. The van der Waals surface area contributed by atoms with Crippen LogP contribution in [0.1, 0.15) is 26.7 Å². The van der Waals surface area contributed by atoms with Gasteiger partial charge in [0.2, 0.25) is 11.8 Å². The summed E-state index contributed by atoms with van der Waals surface area (Å²) in [4.78, 5) is 27.5. The van der Waals surface area contributed by atoms with Crippen molar-refractivity contribution in [3.8, 4) is 5.75 Å². The number of carbonyl (C=O) groups is 2. The number of ether oxygens (including phenoxy) is 1. The lowest BCUT2D eigenvalue weighted by atomic mass is 10.0. The maximum absolute atomic E-state index is 13.4. The van der Waals surface area contributed by atoms with Gasteiger partial charge in [0, 0.05) is 32.1 Å². The lowest BCUT2D eigenvalue weighted by molar-refractivity contribution is -0.130. The van der Waals surface area contributed by atoms with Gasteiger partial charge in [-0.05, 0) is 31.9 Å². The van der Waals surface area contributed by atoms with E-state index in [9.17, 15) is 14.0 Å². The summed E-state index contributed by atoms with van der Waals surface area (Å²) in [5.74, 6) is 0.136. The predicted octanol–water partition coefficient (Wildman–Crippen LogP) is 1.54. The molecule has 0 unspecified atom stereocenters. The summed E-state index contributed by atoms with van der Waals surface area (Å²) in [7, 11) is 0. The van der Waals surface area contributed by atoms with E-state index >= 15 is 0 Å². The first-order valence-electron chi connectivity index (χ1n) is 8.68. The second-order valence-electron chi connectivity index (χ2n) is 6.77. The van der Waals surface area contributed by atoms with Crippen LogP contribution in [0.15, 0.2) is 18.2 Å². The number of carbonyl (C=O) groups excluding carboxylic acids is 2. The fraction of sp³-hybridized carbons (Fsp3) is 0.556. The Morgan fingerprint density at radius 3 is 2.72 bits per heavy atom. The Labute approximate surface area is 146 Å². The van der Waals surface area contributed by atoms with Crippen LogP contribution in [0.3, 0.4) is 0 Å². The summed E-state index contributed by atoms with van der Waals surface area (Å²) in [5, 5.41) is 3.05. The van der Waals surface area contributed by atoms with Crippen molar-refractivity contribution in [1.82, 2.24) is 10.2 Å². The van der Waals surface area contributed by atoms with E-state index in [4.69, 9.17) is 4.74 Å². The fourth-order valence-corrected chi connectivity index (χ4v) is 3.44. The predicted molar refractivity (Wildman–Crippen MR) is 92.1 cm³/mol. The number of benzene rings is 1. The molecule has 25 heavy (non-hydrogen) atoms. The smallest absolute Gasteiger partial charge is 0.239 e. The molecule has 7 heteroatoms. The molecule has 2 amide bonds. The molecule has 2 heterocycles. The molecule has 0 spiro atoms. The number of hydrogen-bond acceptors (Lipinski definition) is 4. The highest BCUT2D eigenvalue weighted by Crippen LogP contribution is 2.33. The molecule has 136 valence electrons. The molecular formula is C18H24FN3O3. The average Bonchev–Trinajstić information content (AvgIpc) is 2.54. The Kier molecular flexibility index (Phi) is 5.11. The molecule has 1 N–H and O–H groups in total. The number of nitrogens with one attached hydrogen (secondary N) is 1. The molecule has 1 atom stereocenters. The number of amides is 2. The van der Waals surface area contributed by atoms with Gasteiger partial charge < -0.3 is 19.9 Å². The van der Waals surface area contributed by atoms with E-state index in [0.29, 0.717) is 25.4 Å². The van der Waals surface area contributed by atoms with Gasteiger partial charge in [0.1, 0.15) is 17.7 Å². The van der Waals surface area contributed by atoms with Gasteiger partial charge in [-0.25, -0.2) is 4.39 Å². The number of hydrogen-bond donors (Lipinski definition) is 1. The van der Waals surface area contributed by atoms with Gasteiger partial charge in [-0.3, -0.25) is 9.59 Å². The Morgan fingerprint density at radius 2 is 2.04 bits per heavy atom. The molecule has 3 rings (SSSR count). The zero-order valence-electron chi connectivity index (χ0n) is 14.6. The summed E-state index contributed by atoms with van der Waals surface area (Å²) in [6.07, 6.45) is 1.43. The number of fused-ring (bicyclic) bond motifs is 1. The number of rotatable bonds is 3. The third kappa shape index (κ3) is 4.21. The highest BCUT2D eigenvalue weighted by atomic mass is 19.1. The van der Waals surface area contributed by atoms with Gasteiger partial charge in [-0.15, -0.1) is 0 Å². The van der Waals surface area contributed by atoms with Crippen molar-refractivity contribution in [2.75, 3.05) is 31.1 Å². The van der Waals surface area contributed by atoms with Crippen LogP contribution in [-0.2, 0) is 9.59 Å². The van der Waals surface area contributed by atoms with Crippen molar-refractivity contribution in [2.45, 2.75) is 38.8 Å². The normalized spacial score (nSPS) is 20.7. The zero-order valence-corrected chi connectivity index (χ0v) is 14.6. The zero-order chi connectivity index (χ0) is 18.0. The van der Waals surface area contributed by atoms with Crippen molar-refractivity contribution in [3.05, 3.63) is 24.0 Å². The summed E-state index contributed by atoms with van der Waals surface area (Å²) in [6, 6.07) is 4.47. The number of likely N-dealkylation sites (tertiary alicyclic amines) is 1. The second-order valence-corrected chi connectivity index (χ2v) is 6.77. The molecule has 2 aliphatic heterocycles. The Bertz CT molecular complexity index is 659. The minimum absolute atomic E-state index is 0.0642. The third-order valence-corrected chi connectivity index (χ3v) is 4.71. The Balaban J connectivity index is 1.58. The van der Waals surface area contributed by atoms with Crippen LogP contribution >= 0.6 is 0 Å². The molecule has 1 aromatic carbocycles. The van der Waals surface area contributed by atoms with E-state index in [2.05, 4.69) is 5.32 Å². The van der Waals surface area contributed by atoms with Crippen LogP contribution in [0.2, 0.25) is 0 Å². The number of piperidine rings is 1. The molecule has 0 aliphatic carbocycles. The van der Waals surface area contributed by atoms with E-state index in [0.717, 1.165) is 18.5 Å². The fourth-order valence-electron chi connectivity index (χ4n) is 3.44. The summed E-state index contributed by atoms with van der Waals surface area (Å²) in [6.45, 7) is 5.61. The second kappa shape index (κ2) is 7.29. The molecule has 1 saturated heterocycles. The van der Waals surface area contributed by atoms with E-state index in [-0.39, 0.29) is 36.3 Å². The first kappa shape index (κ1) is 17.5. The van der Waals surface area contributed by atoms with E-state index in [1.165, 1.54) is 12.1 Å². The first-order valence-corrected chi connectivity index (χ1v) is 8.68. The summed E-state index contributed by atoms with van der Waals surface area (Å²) < 4.78 is 19.1. The van der Waals surface area contributed by atoms with Gasteiger partial charge in [-0.2, -0.15) is 0 Å². The van der Waals surface area contributed by atoms with Crippen LogP contribution < -0.4 is 15.0 Å². The van der Waals surface area contributed by atoms with Gasteiger partial charge in [0.25, 0.3) is 0 Å². The molecular weight excluding hydrogens is 325 g/mol. The minimum Gasteiger partial charge on any atom is -0.487 e. The Morgan fingerprint density at radius 1 is 1.32 bits per heavy atom. The Hall–Kier alpha value is -2.31. The van der Waals surface area contributed by atoms with Crippen LogP contribution in [0.25, 0.3) is 0 Å². The van der Waals surface area contributed by atoms with Crippen molar-refractivity contribution in [1.29, 1.82) is 0 Å². The molecule has 1 aromatic rings. The van der Waals surface area contributed by atoms with Crippen LogP contribution in [-0.4, -0.2) is 55.0 Å². The minimum atomic E-state index is -0.352. The molecule has 2 aliphatic rings. The van der Waals surface area contributed by atoms with Crippen molar-refractivity contribution in [3.63, 3.8) is 0 Å². The third-order valence-electron chi connectivity index (χ3n) is 4.71. The lowest BCUT2D eigenvalue weighted by Gasteiger charge is -2.35. The van der Waals surface area contributed by atoms with E-state index < -0.39 is 0 Å². The van der Waals surface area contributed by atoms with Gasteiger partial charge in [0.05, 0.1) is 18.8 Å². The molecule has 0 radical (unpaired) electrons. The molecule has 0 saturated carbocycles.